The van der Waals surface area contributed by atoms with Gasteiger partial charge in [0.1, 0.15) is 12.6 Å². The monoisotopic (exact) mass is 285 g/mol. The molecular weight excluding hydrogens is 266 g/mol. The normalized spacial score (nSPS) is 44.5. The van der Waals surface area contributed by atoms with Crippen LogP contribution < -0.4 is 0 Å². The highest BCUT2D eigenvalue weighted by atomic mass is 16.7. The zero-order valence-electron chi connectivity index (χ0n) is 11.9. The summed E-state index contributed by atoms with van der Waals surface area (Å²) in [5.41, 5.74) is 1.17. The SMILES string of the molecule is O=C1OC[C@@H](c2ccccc2)N2O[C@H]3[C@@H]4CC[C@@H](C4)[C@H]3[C@H]12. The molecule has 4 aliphatic rings. The molecule has 4 nitrogen and oxygen atoms in total. The lowest BCUT2D eigenvalue weighted by Gasteiger charge is -2.36. The molecule has 2 heterocycles. The minimum Gasteiger partial charge on any atom is -0.462 e. The molecule has 2 saturated heterocycles. The highest BCUT2D eigenvalue weighted by Gasteiger charge is 2.62. The first-order chi connectivity index (χ1) is 10.3. The molecule has 0 N–H and O–H groups in total. The summed E-state index contributed by atoms with van der Waals surface area (Å²) in [6.45, 7) is 0.397. The fourth-order valence-corrected chi connectivity index (χ4v) is 5.02. The zero-order chi connectivity index (χ0) is 14.0. The summed E-state index contributed by atoms with van der Waals surface area (Å²) < 4.78 is 5.51. The molecule has 4 heteroatoms. The lowest BCUT2D eigenvalue weighted by molar-refractivity contribution is -0.233. The minimum atomic E-state index is -0.191. The van der Waals surface area contributed by atoms with Crippen molar-refractivity contribution < 1.29 is 14.4 Å². The Morgan fingerprint density at radius 1 is 1.10 bits per heavy atom. The standard InChI is InChI=1S/C17H19NO3/c19-17-15-14-11-6-7-12(8-11)16(14)21-18(15)13(9-20-17)10-4-2-1-3-5-10/h1-5,11-16H,6-9H2/t11-,12+,13-,14-,15+,16-/m0/s1. The molecule has 6 atom stereocenters. The number of esters is 1. The van der Waals surface area contributed by atoms with Crippen LogP contribution in [0.4, 0.5) is 0 Å². The summed E-state index contributed by atoms with van der Waals surface area (Å²) in [4.78, 5) is 18.6. The van der Waals surface area contributed by atoms with Crippen molar-refractivity contribution in [1.29, 1.82) is 0 Å². The summed E-state index contributed by atoms with van der Waals surface area (Å²) in [6.07, 6.45) is 3.99. The molecule has 2 aliphatic carbocycles. The molecule has 0 amide bonds. The fraction of sp³-hybridized carbons (Fsp3) is 0.588. The lowest BCUT2D eigenvalue weighted by atomic mass is 9.81. The van der Waals surface area contributed by atoms with Crippen LogP contribution >= 0.6 is 0 Å². The predicted octanol–water partition coefficient (Wildman–Crippen LogP) is 2.32. The molecule has 0 spiro atoms. The van der Waals surface area contributed by atoms with E-state index in [0.717, 1.165) is 0 Å². The number of carbonyl (C=O) groups is 1. The molecule has 2 aliphatic heterocycles. The molecule has 1 aromatic rings. The fourth-order valence-electron chi connectivity index (χ4n) is 5.02. The van der Waals surface area contributed by atoms with E-state index < -0.39 is 0 Å². The molecule has 1 aromatic carbocycles. The van der Waals surface area contributed by atoms with Crippen molar-refractivity contribution in [1.82, 2.24) is 5.06 Å². The lowest BCUT2D eigenvalue weighted by Crippen LogP contribution is -2.49. The van der Waals surface area contributed by atoms with Gasteiger partial charge in [0.25, 0.3) is 0 Å². The van der Waals surface area contributed by atoms with E-state index in [1.807, 2.05) is 23.3 Å². The number of benzene rings is 1. The Labute approximate surface area is 124 Å². The molecule has 2 bridgehead atoms. The van der Waals surface area contributed by atoms with Crippen LogP contribution in [0.25, 0.3) is 0 Å². The number of cyclic esters (lactones) is 1. The van der Waals surface area contributed by atoms with E-state index in [9.17, 15) is 4.79 Å². The van der Waals surface area contributed by atoms with Crippen molar-refractivity contribution in [2.24, 2.45) is 17.8 Å². The van der Waals surface area contributed by atoms with Gasteiger partial charge in [-0.15, -0.1) is 0 Å². The van der Waals surface area contributed by atoms with Gasteiger partial charge in [0.05, 0.1) is 12.1 Å². The number of ether oxygens (including phenoxy) is 1. The van der Waals surface area contributed by atoms with Crippen LogP contribution in [-0.4, -0.2) is 29.8 Å². The summed E-state index contributed by atoms with van der Waals surface area (Å²) in [5.74, 6) is 1.57. The van der Waals surface area contributed by atoms with Crippen LogP contribution in [0.2, 0.25) is 0 Å². The van der Waals surface area contributed by atoms with Gasteiger partial charge in [-0.05, 0) is 36.7 Å². The topological polar surface area (TPSA) is 38.8 Å². The van der Waals surface area contributed by atoms with E-state index in [4.69, 9.17) is 9.57 Å². The maximum Gasteiger partial charge on any atom is 0.326 e. The van der Waals surface area contributed by atoms with Gasteiger partial charge in [-0.3, -0.25) is 9.63 Å². The molecule has 21 heavy (non-hydrogen) atoms. The van der Waals surface area contributed by atoms with Crippen LogP contribution in [0.15, 0.2) is 30.3 Å². The largest absolute Gasteiger partial charge is 0.462 e. The molecule has 4 fully saturated rings. The van der Waals surface area contributed by atoms with Crippen LogP contribution in [0.3, 0.4) is 0 Å². The smallest absolute Gasteiger partial charge is 0.326 e. The average molecular weight is 285 g/mol. The van der Waals surface area contributed by atoms with E-state index >= 15 is 0 Å². The molecule has 0 radical (unpaired) electrons. The number of carbonyl (C=O) groups excluding carboxylic acids is 1. The number of hydrogen-bond acceptors (Lipinski definition) is 4. The Balaban J connectivity index is 1.51. The third-order valence-corrected chi connectivity index (χ3v) is 5.90. The van der Waals surface area contributed by atoms with Gasteiger partial charge >= 0.3 is 5.97 Å². The van der Waals surface area contributed by atoms with Gasteiger partial charge in [-0.25, -0.2) is 0 Å². The zero-order valence-corrected chi connectivity index (χ0v) is 11.9. The maximum atomic E-state index is 12.3. The Bertz CT molecular complexity index is 575. The third-order valence-electron chi connectivity index (χ3n) is 5.90. The van der Waals surface area contributed by atoms with Crippen molar-refractivity contribution >= 4 is 5.97 Å². The van der Waals surface area contributed by atoms with Crippen LogP contribution in [0.1, 0.15) is 30.9 Å². The van der Waals surface area contributed by atoms with E-state index in [1.54, 1.807) is 0 Å². The molecule has 0 unspecified atom stereocenters. The molecule has 2 saturated carbocycles. The molecule has 0 aromatic heterocycles. The van der Waals surface area contributed by atoms with Crippen LogP contribution in [0.5, 0.6) is 0 Å². The Kier molecular flexibility index (Phi) is 2.50. The van der Waals surface area contributed by atoms with Crippen molar-refractivity contribution in [2.75, 3.05) is 6.61 Å². The second-order valence-corrected chi connectivity index (χ2v) is 6.84. The number of nitrogens with zero attached hydrogens (tertiary/aromatic N) is 1. The number of hydroxylamine groups is 2. The summed E-state index contributed by atoms with van der Waals surface area (Å²) in [5, 5.41) is 1.97. The van der Waals surface area contributed by atoms with E-state index in [2.05, 4.69) is 12.1 Å². The highest BCUT2D eigenvalue weighted by molar-refractivity contribution is 5.77. The molecule has 5 rings (SSSR count). The van der Waals surface area contributed by atoms with Crippen molar-refractivity contribution in [3.8, 4) is 0 Å². The van der Waals surface area contributed by atoms with Crippen LogP contribution in [-0.2, 0) is 14.4 Å². The van der Waals surface area contributed by atoms with Crippen molar-refractivity contribution in [3.05, 3.63) is 35.9 Å². The van der Waals surface area contributed by atoms with Gasteiger partial charge in [0.15, 0.2) is 0 Å². The van der Waals surface area contributed by atoms with Crippen LogP contribution in [0, 0.1) is 17.8 Å². The van der Waals surface area contributed by atoms with Crippen molar-refractivity contribution in [2.45, 2.75) is 37.5 Å². The first-order valence-electron chi connectivity index (χ1n) is 7.99. The highest BCUT2D eigenvalue weighted by Crippen LogP contribution is 2.57. The summed E-state index contributed by atoms with van der Waals surface area (Å²) in [7, 11) is 0. The Morgan fingerprint density at radius 2 is 1.90 bits per heavy atom. The average Bonchev–Trinajstić information content (AvgIpc) is 3.20. The second kappa shape index (κ2) is 4.31. The Morgan fingerprint density at radius 3 is 2.76 bits per heavy atom. The summed E-state index contributed by atoms with van der Waals surface area (Å²) in [6, 6.07) is 10.1. The minimum absolute atomic E-state index is 0.0406. The Hall–Kier alpha value is -1.39. The third kappa shape index (κ3) is 1.60. The summed E-state index contributed by atoms with van der Waals surface area (Å²) >= 11 is 0. The predicted molar refractivity (Wildman–Crippen MR) is 75.0 cm³/mol. The number of hydrogen-bond donors (Lipinski definition) is 0. The van der Waals surface area contributed by atoms with Gasteiger partial charge in [0, 0.05) is 5.92 Å². The van der Waals surface area contributed by atoms with E-state index in [0.29, 0.717) is 24.4 Å². The maximum absolute atomic E-state index is 12.3. The number of fused-ring (bicyclic) bond motifs is 7. The van der Waals surface area contributed by atoms with E-state index in [-0.39, 0.29) is 24.2 Å². The van der Waals surface area contributed by atoms with Gasteiger partial charge < -0.3 is 4.74 Å². The second-order valence-electron chi connectivity index (χ2n) is 6.84. The quantitative estimate of drug-likeness (QED) is 0.742. The number of morpholine rings is 1. The van der Waals surface area contributed by atoms with E-state index in [1.165, 1.54) is 24.8 Å². The van der Waals surface area contributed by atoms with Gasteiger partial charge in [0.2, 0.25) is 0 Å². The van der Waals surface area contributed by atoms with Gasteiger partial charge in [-0.1, -0.05) is 30.3 Å². The number of rotatable bonds is 1. The molecular formula is C17H19NO3. The van der Waals surface area contributed by atoms with Gasteiger partial charge in [-0.2, -0.15) is 5.06 Å². The first-order valence-corrected chi connectivity index (χ1v) is 7.99. The first kappa shape index (κ1) is 12.2. The molecule has 110 valence electrons. The van der Waals surface area contributed by atoms with Crippen molar-refractivity contribution in [3.63, 3.8) is 0 Å².